The molecule has 18 heavy (non-hydrogen) atoms. The van der Waals surface area contributed by atoms with Crippen LogP contribution in [0.25, 0.3) is 0 Å². The molecule has 1 aliphatic rings. The lowest BCUT2D eigenvalue weighted by molar-refractivity contribution is -0.138. The first kappa shape index (κ1) is 13.3. The molecule has 0 radical (unpaired) electrons. The molecule has 2 amide bonds. The Labute approximate surface area is 116 Å². The van der Waals surface area contributed by atoms with Gasteiger partial charge in [0.25, 0.3) is 0 Å². The third-order valence-corrected chi connectivity index (χ3v) is 4.12. The highest BCUT2D eigenvalue weighted by atomic mass is 79.9. The van der Waals surface area contributed by atoms with Crippen LogP contribution in [0.5, 0.6) is 0 Å². The molecular weight excluding hydrogens is 322 g/mol. The van der Waals surface area contributed by atoms with E-state index in [2.05, 4.69) is 26.2 Å². The van der Waals surface area contributed by atoms with E-state index in [4.69, 9.17) is 5.11 Å². The number of aromatic nitrogens is 1. The van der Waals surface area contributed by atoms with E-state index in [-0.39, 0.29) is 18.4 Å². The van der Waals surface area contributed by atoms with E-state index in [0.29, 0.717) is 18.2 Å². The minimum absolute atomic E-state index is 0.0521. The number of aliphatic carboxylic acids is 1. The summed E-state index contributed by atoms with van der Waals surface area (Å²) < 4.78 is 0.850. The zero-order chi connectivity index (χ0) is 13.1. The Morgan fingerprint density at radius 2 is 2.44 bits per heavy atom. The largest absolute Gasteiger partial charge is 0.481 e. The fourth-order valence-corrected chi connectivity index (χ4v) is 3.01. The highest BCUT2D eigenvalue weighted by Gasteiger charge is 2.28. The normalized spacial score (nSPS) is 18.9. The lowest BCUT2D eigenvalue weighted by Gasteiger charge is -2.15. The third kappa shape index (κ3) is 3.42. The molecule has 0 aliphatic carbocycles. The maximum absolute atomic E-state index is 11.9. The molecule has 0 spiro atoms. The number of hydrogen-bond acceptors (Lipinski definition) is 4. The molecule has 0 aromatic carbocycles. The van der Waals surface area contributed by atoms with Crippen LogP contribution in [0.4, 0.5) is 9.93 Å². The maximum atomic E-state index is 11.9. The highest BCUT2D eigenvalue weighted by Crippen LogP contribution is 2.25. The third-order valence-electron chi connectivity index (χ3n) is 2.73. The molecule has 0 saturated carbocycles. The molecule has 1 unspecified atom stereocenters. The summed E-state index contributed by atoms with van der Waals surface area (Å²) in [5.74, 6) is -0.762. The number of carbonyl (C=O) groups excluding carboxylic acids is 1. The van der Waals surface area contributed by atoms with Crippen molar-refractivity contribution >= 4 is 44.4 Å². The second-order valence-electron chi connectivity index (χ2n) is 4.10. The Morgan fingerprint density at radius 3 is 3.06 bits per heavy atom. The summed E-state index contributed by atoms with van der Waals surface area (Å²) in [6.45, 7) is 1.08. The molecule has 6 nitrogen and oxygen atoms in total. The van der Waals surface area contributed by atoms with E-state index in [9.17, 15) is 9.59 Å². The number of carboxylic acid groups (broad SMARTS) is 1. The average Bonchev–Trinajstić information content (AvgIpc) is 2.87. The smallest absolute Gasteiger partial charge is 0.323 e. The standard InChI is InChI=1S/C10H12BrN3O3S/c11-7-4-12-9(18-7)13-10(17)14-2-1-6(5-14)3-8(15)16/h4,6H,1-3,5H2,(H,15,16)(H,12,13,17). The molecule has 1 saturated heterocycles. The number of carboxylic acids is 1. The fraction of sp³-hybridized carbons (Fsp3) is 0.500. The Kier molecular flexibility index (Phi) is 4.18. The Hall–Kier alpha value is -1.15. The van der Waals surface area contributed by atoms with Crippen molar-refractivity contribution in [2.24, 2.45) is 5.92 Å². The number of urea groups is 1. The summed E-state index contributed by atoms with van der Waals surface area (Å²) in [7, 11) is 0. The molecule has 0 bridgehead atoms. The highest BCUT2D eigenvalue weighted by molar-refractivity contribution is 9.11. The average molecular weight is 334 g/mol. The first-order valence-electron chi connectivity index (χ1n) is 5.43. The zero-order valence-corrected chi connectivity index (χ0v) is 11.8. The minimum atomic E-state index is -0.814. The molecule has 2 rings (SSSR count). The van der Waals surface area contributed by atoms with E-state index in [1.54, 1.807) is 11.1 Å². The summed E-state index contributed by atoms with van der Waals surface area (Å²) >= 11 is 4.61. The van der Waals surface area contributed by atoms with Gasteiger partial charge in [-0.1, -0.05) is 11.3 Å². The number of nitrogens with one attached hydrogen (secondary N) is 1. The number of thiazole rings is 1. The summed E-state index contributed by atoms with van der Waals surface area (Å²) in [5.41, 5.74) is 0. The monoisotopic (exact) mass is 333 g/mol. The van der Waals surface area contributed by atoms with E-state index >= 15 is 0 Å². The minimum Gasteiger partial charge on any atom is -0.481 e. The number of anilines is 1. The first-order chi connectivity index (χ1) is 8.54. The topological polar surface area (TPSA) is 82.5 Å². The molecule has 2 heterocycles. The Morgan fingerprint density at radius 1 is 1.67 bits per heavy atom. The number of halogens is 1. The Bertz CT molecular complexity index is 465. The van der Waals surface area contributed by atoms with Crippen LogP contribution >= 0.6 is 27.3 Å². The van der Waals surface area contributed by atoms with Gasteiger partial charge >= 0.3 is 12.0 Å². The van der Waals surface area contributed by atoms with E-state index < -0.39 is 5.97 Å². The SMILES string of the molecule is O=C(O)CC1CCN(C(=O)Nc2ncc(Br)s2)C1. The number of nitrogens with zero attached hydrogens (tertiary/aromatic N) is 2. The summed E-state index contributed by atoms with van der Waals surface area (Å²) in [5, 5.41) is 11.9. The van der Waals surface area contributed by atoms with Crippen molar-refractivity contribution in [3.8, 4) is 0 Å². The van der Waals surface area contributed by atoms with Gasteiger partial charge in [0, 0.05) is 19.5 Å². The molecule has 1 fully saturated rings. The van der Waals surface area contributed by atoms with Crippen molar-refractivity contribution in [2.75, 3.05) is 18.4 Å². The lowest BCUT2D eigenvalue weighted by Crippen LogP contribution is -2.33. The number of carbonyl (C=O) groups is 2. The van der Waals surface area contributed by atoms with E-state index in [1.807, 2.05) is 0 Å². The first-order valence-corrected chi connectivity index (χ1v) is 7.04. The van der Waals surface area contributed by atoms with Gasteiger partial charge in [0.15, 0.2) is 5.13 Å². The van der Waals surface area contributed by atoms with Gasteiger partial charge in [0.2, 0.25) is 0 Å². The molecule has 98 valence electrons. The van der Waals surface area contributed by atoms with Crippen LogP contribution in [0, 0.1) is 5.92 Å². The predicted octanol–water partition coefficient (Wildman–Crippen LogP) is 2.23. The van der Waals surface area contributed by atoms with Gasteiger partial charge in [-0.3, -0.25) is 10.1 Å². The van der Waals surface area contributed by atoms with Gasteiger partial charge in [-0.15, -0.1) is 0 Å². The molecular formula is C10H12BrN3O3S. The van der Waals surface area contributed by atoms with E-state index in [1.165, 1.54) is 11.3 Å². The number of rotatable bonds is 3. The van der Waals surface area contributed by atoms with Crippen LogP contribution in [0.1, 0.15) is 12.8 Å². The quantitative estimate of drug-likeness (QED) is 0.888. The summed E-state index contributed by atoms with van der Waals surface area (Å²) in [6.07, 6.45) is 2.48. The van der Waals surface area contributed by atoms with Gasteiger partial charge in [0.1, 0.15) is 0 Å². The van der Waals surface area contributed by atoms with E-state index in [0.717, 1.165) is 10.2 Å². The summed E-state index contributed by atoms with van der Waals surface area (Å²) in [4.78, 5) is 28.1. The predicted molar refractivity (Wildman–Crippen MR) is 70.8 cm³/mol. The van der Waals surface area contributed by atoms with Crippen LogP contribution < -0.4 is 5.32 Å². The zero-order valence-electron chi connectivity index (χ0n) is 9.43. The number of hydrogen-bond donors (Lipinski definition) is 2. The summed E-state index contributed by atoms with van der Waals surface area (Å²) in [6, 6.07) is -0.218. The van der Waals surface area contributed by atoms with Crippen molar-refractivity contribution in [1.82, 2.24) is 9.88 Å². The van der Waals surface area contributed by atoms with Crippen LogP contribution in [0.3, 0.4) is 0 Å². The van der Waals surface area contributed by atoms with Gasteiger partial charge in [-0.2, -0.15) is 0 Å². The maximum Gasteiger partial charge on any atom is 0.323 e. The molecule has 1 aliphatic heterocycles. The van der Waals surface area contributed by atoms with Gasteiger partial charge < -0.3 is 10.0 Å². The van der Waals surface area contributed by atoms with Gasteiger partial charge in [-0.05, 0) is 28.3 Å². The van der Waals surface area contributed by atoms with Crippen molar-refractivity contribution in [1.29, 1.82) is 0 Å². The number of likely N-dealkylation sites (tertiary alicyclic amines) is 1. The van der Waals surface area contributed by atoms with Crippen LogP contribution in [0.2, 0.25) is 0 Å². The van der Waals surface area contributed by atoms with Crippen molar-refractivity contribution in [3.63, 3.8) is 0 Å². The van der Waals surface area contributed by atoms with Gasteiger partial charge in [0.05, 0.1) is 9.98 Å². The van der Waals surface area contributed by atoms with Crippen molar-refractivity contribution < 1.29 is 14.7 Å². The molecule has 1 aromatic rings. The van der Waals surface area contributed by atoms with Crippen LogP contribution in [-0.2, 0) is 4.79 Å². The van der Waals surface area contributed by atoms with Crippen LogP contribution in [-0.4, -0.2) is 40.1 Å². The second kappa shape index (κ2) is 5.66. The molecule has 2 N–H and O–H groups in total. The Balaban J connectivity index is 1.85. The van der Waals surface area contributed by atoms with Crippen LogP contribution in [0.15, 0.2) is 9.98 Å². The molecule has 8 heteroatoms. The fourth-order valence-electron chi connectivity index (χ4n) is 1.91. The lowest BCUT2D eigenvalue weighted by atomic mass is 10.1. The van der Waals surface area contributed by atoms with Gasteiger partial charge in [-0.25, -0.2) is 9.78 Å². The van der Waals surface area contributed by atoms with Crippen molar-refractivity contribution in [2.45, 2.75) is 12.8 Å². The number of amides is 2. The van der Waals surface area contributed by atoms with Crippen molar-refractivity contribution in [3.05, 3.63) is 9.98 Å². The molecule has 1 atom stereocenters. The molecule has 1 aromatic heterocycles. The second-order valence-corrected chi connectivity index (χ2v) is 6.51.